The summed E-state index contributed by atoms with van der Waals surface area (Å²) in [6.45, 7) is 0.00890. The summed E-state index contributed by atoms with van der Waals surface area (Å²) in [4.78, 5) is 15.9. The molecule has 3 heterocycles. The predicted molar refractivity (Wildman–Crippen MR) is 108 cm³/mol. The molecule has 0 spiro atoms. The van der Waals surface area contributed by atoms with Crippen molar-refractivity contribution in [3.8, 4) is 22.6 Å². The number of hydrogen-bond acceptors (Lipinski definition) is 7. The van der Waals surface area contributed by atoms with E-state index >= 15 is 0 Å². The normalized spacial score (nSPS) is 11.0. The molecule has 0 radical (unpaired) electrons. The SMILES string of the molecule is O=C(O)Cn1nnc(-c2cncc(-c3cn(Cc4cc(Cl)c(Cl)c(Cl)c4)nn3)c2)n1. The average Bonchev–Trinajstić information content (AvgIpc) is 3.35. The Hall–Kier alpha value is -3.08. The van der Waals surface area contributed by atoms with Gasteiger partial charge in [-0.1, -0.05) is 40.0 Å². The number of pyridine rings is 1. The third-order valence-corrected chi connectivity index (χ3v) is 5.15. The molecule has 1 aromatic carbocycles. The highest BCUT2D eigenvalue weighted by molar-refractivity contribution is 6.48. The molecule has 0 unspecified atom stereocenters. The standard InChI is InChI=1S/C17H11Cl3N8O2/c18-12-1-9(2-13(19)16(12)20)6-27-7-14(22-25-27)10-3-11(5-21-4-10)17-23-26-28(24-17)8-15(29)30/h1-5,7H,6,8H2,(H,29,30). The smallest absolute Gasteiger partial charge is 0.327 e. The summed E-state index contributed by atoms with van der Waals surface area (Å²) >= 11 is 18.1. The van der Waals surface area contributed by atoms with Crippen molar-refractivity contribution < 1.29 is 9.90 Å². The number of nitrogens with zero attached hydrogens (tertiary/aromatic N) is 8. The van der Waals surface area contributed by atoms with Crippen molar-refractivity contribution in [1.29, 1.82) is 0 Å². The predicted octanol–water partition coefficient (Wildman–Crippen LogP) is 3.09. The number of tetrazole rings is 1. The summed E-state index contributed by atoms with van der Waals surface area (Å²) in [5.41, 5.74) is 2.64. The van der Waals surface area contributed by atoms with Crippen molar-refractivity contribution in [2.75, 3.05) is 0 Å². The van der Waals surface area contributed by atoms with Gasteiger partial charge >= 0.3 is 5.97 Å². The Morgan fingerprint density at radius 3 is 2.47 bits per heavy atom. The zero-order chi connectivity index (χ0) is 21.3. The summed E-state index contributed by atoms with van der Waals surface area (Å²) < 4.78 is 1.62. The van der Waals surface area contributed by atoms with E-state index in [-0.39, 0.29) is 12.4 Å². The van der Waals surface area contributed by atoms with Crippen LogP contribution < -0.4 is 0 Å². The highest BCUT2D eigenvalue weighted by atomic mass is 35.5. The quantitative estimate of drug-likeness (QED) is 0.431. The zero-order valence-corrected chi connectivity index (χ0v) is 17.2. The number of carboxylic acids is 1. The Balaban J connectivity index is 1.56. The lowest BCUT2D eigenvalue weighted by atomic mass is 10.1. The van der Waals surface area contributed by atoms with E-state index in [4.69, 9.17) is 39.9 Å². The molecule has 30 heavy (non-hydrogen) atoms. The summed E-state index contributed by atoms with van der Waals surface area (Å²) in [6, 6.07) is 5.19. The van der Waals surface area contributed by atoms with Crippen LogP contribution in [0.2, 0.25) is 15.1 Å². The van der Waals surface area contributed by atoms with Crippen molar-refractivity contribution in [1.82, 2.24) is 40.2 Å². The molecular formula is C17H11Cl3N8O2. The molecule has 3 aromatic heterocycles. The number of aliphatic carboxylic acids is 1. The van der Waals surface area contributed by atoms with E-state index < -0.39 is 5.97 Å². The topological polar surface area (TPSA) is 124 Å². The molecule has 1 N–H and O–H groups in total. The first-order valence-corrected chi connectivity index (χ1v) is 9.51. The lowest BCUT2D eigenvalue weighted by Crippen LogP contribution is -2.11. The van der Waals surface area contributed by atoms with Gasteiger partial charge in [0.1, 0.15) is 5.69 Å². The number of carboxylic acid groups (broad SMARTS) is 1. The fraction of sp³-hybridized carbons (Fsp3) is 0.118. The van der Waals surface area contributed by atoms with E-state index in [9.17, 15) is 4.79 Å². The van der Waals surface area contributed by atoms with Gasteiger partial charge in [-0.15, -0.1) is 15.3 Å². The largest absolute Gasteiger partial charge is 0.480 e. The van der Waals surface area contributed by atoms with Gasteiger partial charge in [0.2, 0.25) is 5.82 Å². The van der Waals surface area contributed by atoms with E-state index in [1.165, 1.54) is 0 Å². The maximum atomic E-state index is 10.8. The average molecular weight is 466 g/mol. The van der Waals surface area contributed by atoms with E-state index in [0.717, 1.165) is 10.4 Å². The molecule has 152 valence electrons. The van der Waals surface area contributed by atoms with Gasteiger partial charge in [-0.25, -0.2) is 4.68 Å². The van der Waals surface area contributed by atoms with Crippen LogP contribution >= 0.6 is 34.8 Å². The molecule has 4 rings (SSSR count). The van der Waals surface area contributed by atoms with Gasteiger partial charge in [0.05, 0.1) is 27.8 Å². The van der Waals surface area contributed by atoms with E-state index in [1.807, 2.05) is 0 Å². The van der Waals surface area contributed by atoms with Crippen molar-refractivity contribution in [2.24, 2.45) is 0 Å². The molecule has 0 aliphatic rings. The summed E-state index contributed by atoms with van der Waals surface area (Å²) in [5, 5.41) is 29.7. The first-order valence-electron chi connectivity index (χ1n) is 8.38. The minimum atomic E-state index is -1.06. The maximum Gasteiger partial charge on any atom is 0.327 e. The molecule has 0 atom stereocenters. The lowest BCUT2D eigenvalue weighted by Gasteiger charge is -2.05. The highest BCUT2D eigenvalue weighted by Gasteiger charge is 2.12. The summed E-state index contributed by atoms with van der Waals surface area (Å²) in [5.74, 6) is -0.811. The minimum Gasteiger partial charge on any atom is -0.480 e. The molecule has 10 nitrogen and oxygen atoms in total. The van der Waals surface area contributed by atoms with E-state index in [1.54, 1.807) is 41.5 Å². The molecule has 0 saturated heterocycles. The minimum absolute atomic E-state index is 0.253. The second-order valence-corrected chi connectivity index (χ2v) is 7.37. The Kier molecular flexibility index (Phi) is 5.62. The number of carbonyl (C=O) groups is 1. The molecule has 0 aliphatic carbocycles. The number of hydrogen-bond donors (Lipinski definition) is 1. The van der Waals surface area contributed by atoms with Crippen LogP contribution in [-0.4, -0.2) is 51.3 Å². The first-order chi connectivity index (χ1) is 14.4. The molecule has 13 heteroatoms. The van der Waals surface area contributed by atoms with Crippen LogP contribution in [0.1, 0.15) is 5.56 Å². The third-order valence-electron chi connectivity index (χ3n) is 3.95. The van der Waals surface area contributed by atoms with Crippen LogP contribution in [0.3, 0.4) is 0 Å². The molecule has 0 fully saturated rings. The van der Waals surface area contributed by atoms with Crippen LogP contribution in [0.5, 0.6) is 0 Å². The van der Waals surface area contributed by atoms with Gasteiger partial charge in [-0.05, 0) is 29.0 Å². The maximum absolute atomic E-state index is 10.8. The van der Waals surface area contributed by atoms with Gasteiger partial charge < -0.3 is 5.11 Å². The Morgan fingerprint density at radius 2 is 1.73 bits per heavy atom. The molecule has 0 aliphatic heterocycles. The number of aromatic nitrogens is 8. The van der Waals surface area contributed by atoms with Crippen molar-refractivity contribution in [2.45, 2.75) is 13.1 Å². The van der Waals surface area contributed by atoms with Gasteiger partial charge in [-0.2, -0.15) is 4.80 Å². The molecule has 0 amide bonds. The first kappa shape index (κ1) is 20.2. The van der Waals surface area contributed by atoms with Gasteiger partial charge in [0.15, 0.2) is 6.54 Å². The second-order valence-electron chi connectivity index (χ2n) is 6.17. The Bertz CT molecular complexity index is 1220. The number of rotatable bonds is 6. The fourth-order valence-corrected chi connectivity index (χ4v) is 3.28. The second kappa shape index (κ2) is 8.34. The van der Waals surface area contributed by atoms with Gasteiger partial charge in [-0.3, -0.25) is 9.78 Å². The zero-order valence-electron chi connectivity index (χ0n) is 14.9. The summed E-state index contributed by atoms with van der Waals surface area (Å²) in [6.07, 6.45) is 4.91. The molecule has 0 saturated carbocycles. The van der Waals surface area contributed by atoms with E-state index in [2.05, 4.69) is 30.7 Å². The van der Waals surface area contributed by atoms with Crippen LogP contribution in [0.25, 0.3) is 22.6 Å². The third kappa shape index (κ3) is 4.40. The monoisotopic (exact) mass is 464 g/mol. The fourth-order valence-electron chi connectivity index (χ4n) is 2.64. The lowest BCUT2D eigenvalue weighted by molar-refractivity contribution is -0.138. The van der Waals surface area contributed by atoms with Crippen LogP contribution in [0.15, 0.2) is 36.8 Å². The van der Waals surface area contributed by atoms with Gasteiger partial charge in [0.25, 0.3) is 0 Å². The molecular weight excluding hydrogens is 455 g/mol. The Morgan fingerprint density at radius 1 is 1.00 bits per heavy atom. The molecule has 4 aromatic rings. The highest BCUT2D eigenvalue weighted by Crippen LogP contribution is 2.31. The van der Waals surface area contributed by atoms with Crippen LogP contribution in [0, 0.1) is 0 Å². The summed E-state index contributed by atoms with van der Waals surface area (Å²) in [7, 11) is 0. The van der Waals surface area contributed by atoms with Crippen LogP contribution in [-0.2, 0) is 17.9 Å². The number of benzene rings is 1. The van der Waals surface area contributed by atoms with Gasteiger partial charge in [0, 0.05) is 23.5 Å². The number of halogens is 3. The Labute approximate surface area is 184 Å². The molecule has 0 bridgehead atoms. The van der Waals surface area contributed by atoms with Crippen molar-refractivity contribution >= 4 is 40.8 Å². The van der Waals surface area contributed by atoms with Crippen molar-refractivity contribution in [3.05, 3.63) is 57.4 Å². The van der Waals surface area contributed by atoms with Crippen molar-refractivity contribution in [3.63, 3.8) is 0 Å². The van der Waals surface area contributed by atoms with Crippen LogP contribution in [0.4, 0.5) is 0 Å². The van der Waals surface area contributed by atoms with E-state index in [0.29, 0.717) is 38.4 Å².